The zero-order chi connectivity index (χ0) is 16.1. The van der Waals surface area contributed by atoms with Gasteiger partial charge in [-0.25, -0.2) is 4.79 Å². The van der Waals surface area contributed by atoms with Gasteiger partial charge in [0, 0.05) is 38.6 Å². The van der Waals surface area contributed by atoms with Crippen molar-refractivity contribution >= 4 is 6.03 Å². The van der Waals surface area contributed by atoms with Crippen LogP contribution in [0.4, 0.5) is 4.79 Å². The average Bonchev–Trinajstić information content (AvgIpc) is 3.25. The fourth-order valence-electron chi connectivity index (χ4n) is 4.63. The summed E-state index contributed by atoms with van der Waals surface area (Å²) in [5.74, 6) is 1.30. The number of rotatable bonds is 5. The number of hydrogen-bond acceptors (Lipinski definition) is 3. The minimum Gasteiger partial charge on any atom is -0.388 e. The SMILES string of the molecule is O=C(NCC1(O)CCOCC1)NC(C1CCCC1)C1CCCC1. The molecule has 2 aliphatic carbocycles. The second-order valence-corrected chi connectivity index (χ2v) is 7.78. The molecule has 2 amide bonds. The summed E-state index contributed by atoms with van der Waals surface area (Å²) in [5.41, 5.74) is -0.800. The van der Waals surface area contributed by atoms with Crippen LogP contribution >= 0.6 is 0 Å². The molecule has 0 bridgehead atoms. The lowest BCUT2D eigenvalue weighted by molar-refractivity contribution is -0.0601. The van der Waals surface area contributed by atoms with E-state index in [0.29, 0.717) is 50.5 Å². The van der Waals surface area contributed by atoms with E-state index in [1.807, 2.05) is 0 Å². The first-order valence-electron chi connectivity index (χ1n) is 9.51. The van der Waals surface area contributed by atoms with Gasteiger partial charge in [0.15, 0.2) is 0 Å². The van der Waals surface area contributed by atoms with E-state index in [9.17, 15) is 9.90 Å². The lowest BCUT2D eigenvalue weighted by Gasteiger charge is -2.33. The molecule has 0 spiro atoms. The highest BCUT2D eigenvalue weighted by Gasteiger charge is 2.35. The molecule has 3 N–H and O–H groups in total. The first kappa shape index (κ1) is 17.0. The number of hydrogen-bond donors (Lipinski definition) is 3. The summed E-state index contributed by atoms with van der Waals surface area (Å²) < 4.78 is 5.28. The molecule has 3 rings (SSSR count). The number of amides is 2. The Kier molecular flexibility index (Phi) is 5.81. The van der Waals surface area contributed by atoms with Crippen LogP contribution < -0.4 is 10.6 Å². The molecule has 2 saturated carbocycles. The summed E-state index contributed by atoms with van der Waals surface area (Å²) >= 11 is 0. The number of ether oxygens (including phenoxy) is 1. The Bertz CT molecular complexity index is 368. The van der Waals surface area contributed by atoms with Crippen molar-refractivity contribution in [2.24, 2.45) is 11.8 Å². The van der Waals surface area contributed by atoms with E-state index >= 15 is 0 Å². The largest absolute Gasteiger partial charge is 0.388 e. The summed E-state index contributed by atoms with van der Waals surface area (Å²) in [6, 6.07) is 0.220. The van der Waals surface area contributed by atoms with E-state index in [-0.39, 0.29) is 6.03 Å². The van der Waals surface area contributed by atoms with Gasteiger partial charge < -0.3 is 20.5 Å². The summed E-state index contributed by atoms with van der Waals surface area (Å²) in [4.78, 5) is 12.4. The summed E-state index contributed by atoms with van der Waals surface area (Å²) in [6.07, 6.45) is 11.4. The van der Waals surface area contributed by atoms with E-state index in [1.54, 1.807) is 0 Å². The highest BCUT2D eigenvalue weighted by Crippen LogP contribution is 2.37. The molecule has 0 atom stereocenters. The topological polar surface area (TPSA) is 70.6 Å². The second kappa shape index (κ2) is 7.84. The molecule has 0 aromatic heterocycles. The number of aliphatic hydroxyl groups is 1. The molecule has 1 aliphatic heterocycles. The van der Waals surface area contributed by atoms with Crippen molar-refractivity contribution in [3.63, 3.8) is 0 Å². The van der Waals surface area contributed by atoms with Crippen molar-refractivity contribution in [2.75, 3.05) is 19.8 Å². The van der Waals surface area contributed by atoms with Crippen LogP contribution in [0.25, 0.3) is 0 Å². The Morgan fingerprint density at radius 1 is 1.04 bits per heavy atom. The molecule has 1 saturated heterocycles. The second-order valence-electron chi connectivity index (χ2n) is 7.78. The van der Waals surface area contributed by atoms with Crippen LogP contribution in [0.5, 0.6) is 0 Å². The third kappa shape index (κ3) is 4.60. The number of carbonyl (C=O) groups is 1. The van der Waals surface area contributed by atoms with Crippen molar-refractivity contribution in [1.29, 1.82) is 0 Å². The average molecular weight is 324 g/mol. The molecule has 1 heterocycles. The van der Waals surface area contributed by atoms with Crippen LogP contribution in [0.15, 0.2) is 0 Å². The van der Waals surface area contributed by atoms with Crippen LogP contribution in [-0.4, -0.2) is 42.5 Å². The first-order chi connectivity index (χ1) is 11.2. The molecule has 0 radical (unpaired) electrons. The Hall–Kier alpha value is -0.810. The molecule has 132 valence electrons. The van der Waals surface area contributed by atoms with Crippen molar-refractivity contribution in [2.45, 2.75) is 75.9 Å². The monoisotopic (exact) mass is 324 g/mol. The van der Waals surface area contributed by atoms with Gasteiger partial charge >= 0.3 is 6.03 Å². The third-order valence-electron chi connectivity index (χ3n) is 6.11. The first-order valence-corrected chi connectivity index (χ1v) is 9.51. The molecule has 3 aliphatic rings. The van der Waals surface area contributed by atoms with E-state index in [2.05, 4.69) is 10.6 Å². The molecule has 3 fully saturated rings. The number of urea groups is 1. The van der Waals surface area contributed by atoms with E-state index in [0.717, 1.165) is 0 Å². The zero-order valence-corrected chi connectivity index (χ0v) is 14.2. The van der Waals surface area contributed by atoms with Gasteiger partial charge in [-0.1, -0.05) is 25.7 Å². The van der Waals surface area contributed by atoms with Crippen LogP contribution in [0, 0.1) is 11.8 Å². The Morgan fingerprint density at radius 3 is 2.09 bits per heavy atom. The van der Waals surface area contributed by atoms with Crippen molar-refractivity contribution in [3.05, 3.63) is 0 Å². The minimum absolute atomic E-state index is 0.103. The number of carbonyl (C=O) groups excluding carboxylic acids is 1. The van der Waals surface area contributed by atoms with Gasteiger partial charge in [-0.15, -0.1) is 0 Å². The predicted molar refractivity (Wildman–Crippen MR) is 89.2 cm³/mol. The van der Waals surface area contributed by atoms with Crippen molar-refractivity contribution in [3.8, 4) is 0 Å². The predicted octanol–water partition coefficient (Wildman–Crippen LogP) is 2.58. The van der Waals surface area contributed by atoms with Crippen molar-refractivity contribution in [1.82, 2.24) is 10.6 Å². The molecule has 0 aromatic rings. The highest BCUT2D eigenvalue weighted by molar-refractivity contribution is 5.74. The minimum atomic E-state index is -0.800. The molecule has 23 heavy (non-hydrogen) atoms. The fraction of sp³-hybridized carbons (Fsp3) is 0.944. The zero-order valence-electron chi connectivity index (χ0n) is 14.2. The standard InChI is InChI=1S/C18H32N2O3/c21-17(19-13-18(22)9-11-23-12-10-18)20-16(14-5-1-2-6-14)15-7-3-4-8-15/h14-16,22H,1-13H2,(H2,19,20,21). The lowest BCUT2D eigenvalue weighted by atomic mass is 9.86. The summed E-state index contributed by atoms with van der Waals surface area (Å²) in [5, 5.41) is 16.6. The van der Waals surface area contributed by atoms with Gasteiger partial charge in [-0.3, -0.25) is 0 Å². The highest BCUT2D eigenvalue weighted by atomic mass is 16.5. The Morgan fingerprint density at radius 2 is 1.57 bits per heavy atom. The molecular weight excluding hydrogens is 292 g/mol. The quantitative estimate of drug-likeness (QED) is 0.728. The van der Waals surface area contributed by atoms with E-state index in [4.69, 9.17) is 4.74 Å². The maximum absolute atomic E-state index is 12.4. The normalized spacial score (nSPS) is 25.8. The molecule has 5 heteroatoms. The summed E-state index contributed by atoms with van der Waals surface area (Å²) in [7, 11) is 0. The molecule has 5 nitrogen and oxygen atoms in total. The van der Waals surface area contributed by atoms with Gasteiger partial charge in [0.1, 0.15) is 0 Å². The van der Waals surface area contributed by atoms with Crippen LogP contribution in [0.3, 0.4) is 0 Å². The van der Waals surface area contributed by atoms with Gasteiger partial charge in [0.25, 0.3) is 0 Å². The van der Waals surface area contributed by atoms with E-state index in [1.165, 1.54) is 51.4 Å². The smallest absolute Gasteiger partial charge is 0.315 e. The van der Waals surface area contributed by atoms with Gasteiger partial charge in [-0.2, -0.15) is 0 Å². The molecule has 0 unspecified atom stereocenters. The van der Waals surface area contributed by atoms with Crippen LogP contribution in [0.1, 0.15) is 64.2 Å². The van der Waals surface area contributed by atoms with E-state index < -0.39 is 5.60 Å². The maximum Gasteiger partial charge on any atom is 0.315 e. The van der Waals surface area contributed by atoms with Gasteiger partial charge in [0.2, 0.25) is 0 Å². The third-order valence-corrected chi connectivity index (χ3v) is 6.11. The lowest BCUT2D eigenvalue weighted by Crippen LogP contribution is -2.53. The number of nitrogens with one attached hydrogen (secondary N) is 2. The Balaban J connectivity index is 1.50. The van der Waals surface area contributed by atoms with Gasteiger partial charge in [-0.05, 0) is 37.5 Å². The Labute approximate surface area is 139 Å². The molecule has 0 aromatic carbocycles. The summed E-state index contributed by atoms with van der Waals surface area (Å²) in [6.45, 7) is 1.48. The van der Waals surface area contributed by atoms with Crippen molar-refractivity contribution < 1.29 is 14.6 Å². The molecular formula is C18H32N2O3. The maximum atomic E-state index is 12.4. The fourth-order valence-corrected chi connectivity index (χ4v) is 4.63. The van der Waals surface area contributed by atoms with Crippen LogP contribution in [-0.2, 0) is 4.74 Å². The van der Waals surface area contributed by atoms with Crippen LogP contribution in [0.2, 0.25) is 0 Å². The van der Waals surface area contributed by atoms with Gasteiger partial charge in [0.05, 0.1) is 5.60 Å².